The maximum Gasteiger partial charge on any atom is 0.238 e. The Kier molecular flexibility index (Phi) is 6.64. The highest BCUT2D eigenvalue weighted by molar-refractivity contribution is 5.92. The molecule has 9 heteroatoms. The van der Waals surface area contributed by atoms with E-state index in [0.717, 1.165) is 30.0 Å². The van der Waals surface area contributed by atoms with Gasteiger partial charge in [-0.1, -0.05) is 24.4 Å². The van der Waals surface area contributed by atoms with Crippen LogP contribution in [-0.2, 0) is 23.1 Å². The maximum atomic E-state index is 12.9. The van der Waals surface area contributed by atoms with E-state index < -0.39 is 5.41 Å². The second-order valence-corrected chi connectivity index (χ2v) is 9.37. The molecule has 2 aliphatic rings. The second-order valence-electron chi connectivity index (χ2n) is 9.37. The Balaban J connectivity index is 1.40. The second kappa shape index (κ2) is 9.44. The first-order chi connectivity index (χ1) is 15.4. The lowest BCUT2D eigenvalue weighted by Gasteiger charge is -2.26. The summed E-state index contributed by atoms with van der Waals surface area (Å²) in [6, 6.07) is 2.04. The summed E-state index contributed by atoms with van der Waals surface area (Å²) in [6.07, 6.45) is 8.91. The zero-order chi connectivity index (χ0) is 22.7. The molecule has 9 nitrogen and oxygen atoms in total. The molecule has 2 N–H and O–H groups in total. The van der Waals surface area contributed by atoms with Crippen molar-refractivity contribution in [3.63, 3.8) is 0 Å². The largest absolute Gasteiger partial charge is 0.361 e. The van der Waals surface area contributed by atoms with Gasteiger partial charge in [-0.2, -0.15) is 5.10 Å². The number of likely N-dealkylation sites (tertiary alicyclic amines) is 1. The first-order valence-electron chi connectivity index (χ1n) is 11.6. The quantitative estimate of drug-likeness (QED) is 0.682. The summed E-state index contributed by atoms with van der Waals surface area (Å²) in [6.45, 7) is 3.33. The van der Waals surface area contributed by atoms with E-state index in [1.807, 2.05) is 24.9 Å². The molecule has 1 aliphatic carbocycles. The fourth-order valence-electron chi connectivity index (χ4n) is 5.12. The van der Waals surface area contributed by atoms with Crippen molar-refractivity contribution in [2.45, 2.75) is 57.8 Å². The third kappa shape index (κ3) is 4.72. The van der Waals surface area contributed by atoms with Gasteiger partial charge in [0.1, 0.15) is 5.76 Å². The molecule has 0 bridgehead atoms. The van der Waals surface area contributed by atoms with E-state index in [9.17, 15) is 9.59 Å². The van der Waals surface area contributed by atoms with Gasteiger partial charge >= 0.3 is 0 Å². The molecule has 0 spiro atoms. The predicted octanol–water partition coefficient (Wildman–Crippen LogP) is 2.38. The monoisotopic (exact) mass is 442 g/mol. The number of hydrogen-bond acceptors (Lipinski definition) is 6. The molecule has 2 fully saturated rings. The van der Waals surface area contributed by atoms with Gasteiger partial charge in [0.25, 0.3) is 0 Å². The smallest absolute Gasteiger partial charge is 0.238 e. The lowest BCUT2D eigenvalue weighted by atomic mass is 9.81. The van der Waals surface area contributed by atoms with Crippen LogP contribution in [0.2, 0.25) is 0 Å². The first-order valence-corrected chi connectivity index (χ1v) is 11.6. The molecule has 3 heterocycles. The van der Waals surface area contributed by atoms with Crippen molar-refractivity contribution in [2.24, 2.45) is 12.5 Å². The van der Waals surface area contributed by atoms with Gasteiger partial charge in [-0.05, 0) is 32.7 Å². The van der Waals surface area contributed by atoms with Gasteiger partial charge in [0, 0.05) is 39.0 Å². The fourth-order valence-corrected chi connectivity index (χ4v) is 5.12. The summed E-state index contributed by atoms with van der Waals surface area (Å²) in [5.74, 6) is 1.11. The van der Waals surface area contributed by atoms with Crippen LogP contribution < -0.4 is 10.6 Å². The van der Waals surface area contributed by atoms with Crippen LogP contribution in [0.3, 0.4) is 0 Å². The van der Waals surface area contributed by atoms with Crippen LogP contribution in [0.25, 0.3) is 0 Å². The summed E-state index contributed by atoms with van der Waals surface area (Å²) in [4.78, 5) is 27.5. The highest BCUT2D eigenvalue weighted by Gasteiger charge is 2.45. The molecule has 0 aromatic carbocycles. The van der Waals surface area contributed by atoms with Crippen LogP contribution in [-0.4, -0.2) is 58.3 Å². The third-order valence-electron chi connectivity index (χ3n) is 7.13. The van der Waals surface area contributed by atoms with Gasteiger partial charge in [-0.3, -0.25) is 19.2 Å². The van der Waals surface area contributed by atoms with Gasteiger partial charge < -0.3 is 15.2 Å². The number of hydrogen-bond donors (Lipinski definition) is 2. The normalized spacial score (nSPS) is 22.2. The summed E-state index contributed by atoms with van der Waals surface area (Å²) in [5.41, 5.74) is 2.01. The number of aromatic nitrogens is 3. The Bertz CT molecular complexity index is 961. The van der Waals surface area contributed by atoms with Crippen LogP contribution in [0.15, 0.2) is 16.8 Å². The third-order valence-corrected chi connectivity index (χ3v) is 7.13. The lowest BCUT2D eigenvalue weighted by molar-refractivity contribution is -0.130. The molecule has 1 saturated carbocycles. The van der Waals surface area contributed by atoms with E-state index in [4.69, 9.17) is 4.52 Å². The summed E-state index contributed by atoms with van der Waals surface area (Å²) >= 11 is 0. The zero-order valence-electron chi connectivity index (χ0n) is 19.3. The molecule has 32 heavy (non-hydrogen) atoms. The molecule has 2 aromatic rings. The minimum atomic E-state index is -0.622. The lowest BCUT2D eigenvalue weighted by Crippen LogP contribution is -2.44. The van der Waals surface area contributed by atoms with Crippen molar-refractivity contribution in [3.05, 3.63) is 29.4 Å². The number of carbonyl (C=O) groups is 2. The number of nitrogens with zero attached hydrogens (tertiary/aromatic N) is 4. The highest BCUT2D eigenvalue weighted by Crippen LogP contribution is 2.37. The number of carbonyl (C=O) groups excluding carboxylic acids is 2. The van der Waals surface area contributed by atoms with Crippen LogP contribution in [0, 0.1) is 12.3 Å². The molecule has 2 aromatic heterocycles. The Morgan fingerprint density at radius 2 is 2.06 bits per heavy atom. The maximum absolute atomic E-state index is 12.9. The van der Waals surface area contributed by atoms with Gasteiger partial charge in [0.2, 0.25) is 11.8 Å². The van der Waals surface area contributed by atoms with E-state index in [1.54, 1.807) is 17.9 Å². The number of rotatable bonds is 7. The molecule has 174 valence electrons. The molecule has 1 atom stereocenters. The molecule has 0 radical (unpaired) electrons. The SMILES string of the molecule is CNC(=O)[C@]1(Cc2cc(C3CCCCC3)no2)CCN(CC(=O)Nc2cnn(C)c2C)C1. The molecule has 4 rings (SSSR count). The van der Waals surface area contributed by atoms with Crippen molar-refractivity contribution in [2.75, 3.05) is 32.0 Å². The number of nitrogens with one attached hydrogen (secondary N) is 2. The minimum absolute atomic E-state index is 0.0147. The molecular weight excluding hydrogens is 408 g/mol. The Labute approximate surface area is 188 Å². The highest BCUT2D eigenvalue weighted by atomic mass is 16.5. The topological polar surface area (TPSA) is 105 Å². The Morgan fingerprint density at radius 3 is 2.75 bits per heavy atom. The van der Waals surface area contributed by atoms with Crippen molar-refractivity contribution in [1.29, 1.82) is 0 Å². The minimum Gasteiger partial charge on any atom is -0.361 e. The average molecular weight is 443 g/mol. The summed E-state index contributed by atoms with van der Waals surface area (Å²) < 4.78 is 7.40. The molecular formula is C23H34N6O3. The molecule has 2 amide bonds. The standard InChI is InChI=1S/C23H34N6O3/c1-16-20(13-25-28(16)3)26-21(30)14-29-10-9-23(15-29,22(31)24-2)12-18-11-19(27-32-18)17-7-5-4-6-8-17/h11,13,17H,4-10,12,14-15H2,1-3H3,(H,24,31)(H,26,30)/t23-/m0/s1. The summed E-state index contributed by atoms with van der Waals surface area (Å²) in [7, 11) is 3.50. The first kappa shape index (κ1) is 22.5. The van der Waals surface area contributed by atoms with Crippen molar-refractivity contribution in [1.82, 2.24) is 25.2 Å². The van der Waals surface area contributed by atoms with Gasteiger partial charge in [-0.15, -0.1) is 0 Å². The van der Waals surface area contributed by atoms with Gasteiger partial charge in [0.05, 0.1) is 35.2 Å². The van der Waals surface area contributed by atoms with E-state index >= 15 is 0 Å². The zero-order valence-corrected chi connectivity index (χ0v) is 19.3. The van der Waals surface area contributed by atoms with E-state index in [2.05, 4.69) is 20.9 Å². The predicted molar refractivity (Wildman–Crippen MR) is 120 cm³/mol. The van der Waals surface area contributed by atoms with Crippen molar-refractivity contribution < 1.29 is 14.1 Å². The van der Waals surface area contributed by atoms with Crippen molar-refractivity contribution in [3.8, 4) is 0 Å². The summed E-state index contributed by atoms with van der Waals surface area (Å²) in [5, 5.41) is 14.2. The van der Waals surface area contributed by atoms with Crippen molar-refractivity contribution >= 4 is 17.5 Å². The van der Waals surface area contributed by atoms with E-state index in [1.165, 1.54) is 19.3 Å². The van der Waals surface area contributed by atoms with Gasteiger partial charge in [-0.25, -0.2) is 0 Å². The van der Waals surface area contributed by atoms with Gasteiger partial charge in [0.15, 0.2) is 0 Å². The van der Waals surface area contributed by atoms with E-state index in [0.29, 0.717) is 37.5 Å². The molecule has 1 saturated heterocycles. The number of amides is 2. The average Bonchev–Trinajstić information content (AvgIpc) is 3.51. The number of anilines is 1. The molecule has 1 aliphatic heterocycles. The van der Waals surface area contributed by atoms with Crippen LogP contribution in [0.1, 0.15) is 61.6 Å². The number of aryl methyl sites for hydroxylation is 1. The van der Waals surface area contributed by atoms with Crippen LogP contribution >= 0.6 is 0 Å². The van der Waals surface area contributed by atoms with Crippen LogP contribution in [0.4, 0.5) is 5.69 Å². The fraction of sp³-hybridized carbons (Fsp3) is 0.652. The molecule has 0 unspecified atom stereocenters. The van der Waals surface area contributed by atoms with E-state index in [-0.39, 0.29) is 18.4 Å². The van der Waals surface area contributed by atoms with Crippen LogP contribution in [0.5, 0.6) is 0 Å². The Morgan fingerprint density at radius 1 is 1.28 bits per heavy atom. The Hall–Kier alpha value is -2.68.